The van der Waals surface area contributed by atoms with Gasteiger partial charge < -0.3 is 15.0 Å². The Balaban J connectivity index is 3.02. The quantitative estimate of drug-likeness (QED) is 0.933. The Morgan fingerprint density at radius 3 is 2.29 bits per heavy atom. The lowest BCUT2D eigenvalue weighted by Gasteiger charge is -2.25. The van der Waals surface area contributed by atoms with Gasteiger partial charge in [-0.25, -0.2) is 4.79 Å². The molecule has 0 aliphatic heterocycles. The maximum atomic E-state index is 12.3. The largest absolute Gasteiger partial charge is 0.444 e. The second-order valence-corrected chi connectivity index (χ2v) is 6.24. The molecule has 0 unspecified atom stereocenters. The van der Waals surface area contributed by atoms with Crippen molar-refractivity contribution in [2.24, 2.45) is 0 Å². The smallest absolute Gasteiger partial charge is 0.408 e. The predicted octanol–water partition coefficient (Wildman–Crippen LogP) is 2.99. The van der Waals surface area contributed by atoms with Crippen molar-refractivity contribution in [3.8, 4) is 0 Å². The van der Waals surface area contributed by atoms with E-state index in [4.69, 9.17) is 16.3 Å². The summed E-state index contributed by atoms with van der Waals surface area (Å²) in [7, 11) is 3.23. The lowest BCUT2D eigenvalue weighted by atomic mass is 10.1. The zero-order valence-corrected chi connectivity index (χ0v) is 13.7. The summed E-state index contributed by atoms with van der Waals surface area (Å²) in [5.74, 6) is -0.283. The zero-order valence-electron chi connectivity index (χ0n) is 12.9. The molecule has 0 fully saturated rings. The molecule has 0 bridgehead atoms. The number of alkyl carbamates (subject to hydrolysis) is 1. The zero-order chi connectivity index (χ0) is 16.2. The summed E-state index contributed by atoms with van der Waals surface area (Å²) >= 11 is 6.12. The predicted molar refractivity (Wildman–Crippen MR) is 82.3 cm³/mol. The highest BCUT2D eigenvalue weighted by atomic mass is 35.5. The Hall–Kier alpha value is -1.75. The number of carbonyl (C=O) groups is 2. The first-order chi connectivity index (χ1) is 9.61. The molecule has 0 saturated heterocycles. The molecule has 6 heteroatoms. The first-order valence-electron chi connectivity index (χ1n) is 6.57. The third kappa shape index (κ3) is 5.27. The van der Waals surface area contributed by atoms with E-state index < -0.39 is 17.7 Å². The van der Waals surface area contributed by atoms with Crippen LogP contribution in [0.4, 0.5) is 4.79 Å². The minimum absolute atomic E-state index is 0.283. The number of nitrogens with one attached hydrogen (secondary N) is 1. The van der Waals surface area contributed by atoms with Crippen LogP contribution in [-0.4, -0.2) is 36.6 Å². The van der Waals surface area contributed by atoms with Gasteiger partial charge in [0.05, 0.1) is 0 Å². The van der Waals surface area contributed by atoms with Gasteiger partial charge in [0.2, 0.25) is 5.91 Å². The van der Waals surface area contributed by atoms with Crippen molar-refractivity contribution < 1.29 is 14.3 Å². The molecule has 1 rings (SSSR count). The number of likely N-dealkylation sites (N-methyl/N-ethyl adjacent to an activating group) is 1. The molecule has 0 spiro atoms. The van der Waals surface area contributed by atoms with Gasteiger partial charge in [-0.2, -0.15) is 0 Å². The number of rotatable bonds is 3. The summed E-state index contributed by atoms with van der Waals surface area (Å²) in [4.78, 5) is 25.6. The third-order valence-electron chi connectivity index (χ3n) is 2.57. The average molecular weight is 313 g/mol. The summed E-state index contributed by atoms with van der Waals surface area (Å²) in [5, 5.41) is 2.99. The van der Waals surface area contributed by atoms with Crippen molar-refractivity contribution in [2.45, 2.75) is 32.4 Å². The number of amides is 2. The standard InChI is InChI=1S/C15H21ClN2O3/c1-15(2,3)21-14(20)17-12(13(19)18(4)5)10-8-6-7-9-11(10)16/h6-9,12H,1-5H3,(H,17,20)/t12-/m1/s1. The van der Waals surface area contributed by atoms with Gasteiger partial charge in [-0.1, -0.05) is 29.8 Å². The summed E-state index contributed by atoms with van der Waals surface area (Å²) in [6.45, 7) is 5.26. The number of benzene rings is 1. The van der Waals surface area contributed by atoms with E-state index in [-0.39, 0.29) is 5.91 Å². The Kier molecular flexibility index (Phi) is 5.61. The molecule has 1 aromatic rings. The van der Waals surface area contributed by atoms with Crippen LogP contribution in [-0.2, 0) is 9.53 Å². The molecule has 5 nitrogen and oxygen atoms in total. The number of nitrogens with zero attached hydrogens (tertiary/aromatic N) is 1. The van der Waals surface area contributed by atoms with Crippen LogP contribution in [0.5, 0.6) is 0 Å². The van der Waals surface area contributed by atoms with Crippen molar-refractivity contribution in [2.75, 3.05) is 14.1 Å². The Bertz CT molecular complexity index is 524. The van der Waals surface area contributed by atoms with Crippen molar-refractivity contribution in [1.82, 2.24) is 10.2 Å². The van der Waals surface area contributed by atoms with Gasteiger partial charge >= 0.3 is 6.09 Å². The molecule has 1 atom stereocenters. The molecule has 2 amide bonds. The Labute approximate surface area is 130 Å². The van der Waals surface area contributed by atoms with Crippen LogP contribution >= 0.6 is 11.6 Å². The molecular weight excluding hydrogens is 292 g/mol. The van der Waals surface area contributed by atoms with E-state index in [0.717, 1.165) is 0 Å². The van der Waals surface area contributed by atoms with E-state index in [1.165, 1.54) is 4.90 Å². The fourth-order valence-electron chi connectivity index (χ4n) is 1.67. The van der Waals surface area contributed by atoms with Crippen LogP contribution in [0.25, 0.3) is 0 Å². The lowest BCUT2D eigenvalue weighted by Crippen LogP contribution is -2.42. The number of hydrogen-bond acceptors (Lipinski definition) is 3. The van der Waals surface area contributed by atoms with E-state index >= 15 is 0 Å². The first kappa shape index (κ1) is 17.3. The highest BCUT2D eigenvalue weighted by Crippen LogP contribution is 2.24. The molecule has 0 aliphatic rings. The molecule has 21 heavy (non-hydrogen) atoms. The highest BCUT2D eigenvalue weighted by molar-refractivity contribution is 6.31. The van der Waals surface area contributed by atoms with Gasteiger partial charge in [0.15, 0.2) is 0 Å². The van der Waals surface area contributed by atoms with Crippen molar-refractivity contribution in [3.05, 3.63) is 34.9 Å². The second-order valence-electron chi connectivity index (χ2n) is 5.83. The second kappa shape index (κ2) is 6.80. The van der Waals surface area contributed by atoms with Crippen molar-refractivity contribution >= 4 is 23.6 Å². The molecule has 0 aromatic heterocycles. The third-order valence-corrected chi connectivity index (χ3v) is 2.91. The fourth-order valence-corrected chi connectivity index (χ4v) is 1.91. The molecule has 0 radical (unpaired) electrons. The van der Waals surface area contributed by atoms with Gasteiger partial charge in [-0.05, 0) is 26.8 Å². The number of carbonyl (C=O) groups excluding carboxylic acids is 2. The average Bonchev–Trinajstić information content (AvgIpc) is 2.34. The molecule has 116 valence electrons. The first-order valence-corrected chi connectivity index (χ1v) is 6.94. The lowest BCUT2D eigenvalue weighted by molar-refractivity contribution is -0.131. The highest BCUT2D eigenvalue weighted by Gasteiger charge is 2.28. The monoisotopic (exact) mass is 312 g/mol. The van der Waals surface area contributed by atoms with Gasteiger partial charge in [0, 0.05) is 24.7 Å². The van der Waals surface area contributed by atoms with Gasteiger partial charge in [-0.15, -0.1) is 0 Å². The van der Waals surface area contributed by atoms with E-state index in [1.807, 2.05) is 0 Å². The van der Waals surface area contributed by atoms with Crippen LogP contribution in [0.15, 0.2) is 24.3 Å². The van der Waals surface area contributed by atoms with E-state index in [0.29, 0.717) is 10.6 Å². The number of hydrogen-bond donors (Lipinski definition) is 1. The molecule has 0 aliphatic carbocycles. The van der Waals surface area contributed by atoms with Gasteiger partial charge in [0.1, 0.15) is 11.6 Å². The summed E-state index contributed by atoms with van der Waals surface area (Å²) in [5.41, 5.74) is -0.111. The van der Waals surface area contributed by atoms with Crippen molar-refractivity contribution in [3.63, 3.8) is 0 Å². The summed E-state index contributed by atoms with van der Waals surface area (Å²) < 4.78 is 5.20. The van der Waals surface area contributed by atoms with E-state index in [1.54, 1.807) is 59.1 Å². The topological polar surface area (TPSA) is 58.6 Å². The van der Waals surface area contributed by atoms with E-state index in [2.05, 4.69) is 5.32 Å². The number of ether oxygens (including phenoxy) is 1. The Morgan fingerprint density at radius 1 is 1.24 bits per heavy atom. The summed E-state index contributed by atoms with van der Waals surface area (Å²) in [6, 6.07) is 6.00. The maximum Gasteiger partial charge on any atom is 0.408 e. The molecule has 1 aromatic carbocycles. The minimum Gasteiger partial charge on any atom is -0.444 e. The molecule has 0 saturated carbocycles. The van der Waals surface area contributed by atoms with E-state index in [9.17, 15) is 9.59 Å². The summed E-state index contributed by atoms with van der Waals surface area (Å²) in [6.07, 6.45) is -0.664. The van der Waals surface area contributed by atoms with Crippen LogP contribution in [0.1, 0.15) is 32.4 Å². The van der Waals surface area contributed by atoms with Crippen molar-refractivity contribution in [1.29, 1.82) is 0 Å². The minimum atomic E-state index is -0.886. The number of halogens is 1. The SMILES string of the molecule is CN(C)C(=O)[C@H](NC(=O)OC(C)(C)C)c1ccccc1Cl. The van der Waals surface area contributed by atoms with Crippen LogP contribution in [0.2, 0.25) is 5.02 Å². The van der Waals surface area contributed by atoms with Crippen LogP contribution < -0.4 is 5.32 Å². The molecule has 0 heterocycles. The Morgan fingerprint density at radius 2 is 1.81 bits per heavy atom. The van der Waals surface area contributed by atoms with Gasteiger partial charge in [0.25, 0.3) is 0 Å². The van der Waals surface area contributed by atoms with Crippen LogP contribution in [0.3, 0.4) is 0 Å². The normalized spacial score (nSPS) is 12.5. The molecule has 1 N–H and O–H groups in total. The van der Waals surface area contributed by atoms with Crippen LogP contribution in [0, 0.1) is 0 Å². The fraction of sp³-hybridized carbons (Fsp3) is 0.467. The molecular formula is C15H21ClN2O3. The maximum absolute atomic E-state index is 12.3. The van der Waals surface area contributed by atoms with Gasteiger partial charge in [-0.3, -0.25) is 4.79 Å².